The van der Waals surface area contributed by atoms with Crippen LogP contribution in [0.3, 0.4) is 0 Å². The van der Waals surface area contributed by atoms with Crippen molar-refractivity contribution in [3.05, 3.63) is 52.7 Å². The molecule has 0 spiro atoms. The first-order valence-electron chi connectivity index (χ1n) is 9.49. The summed E-state index contributed by atoms with van der Waals surface area (Å²) in [5, 5.41) is 6.33. The molecule has 0 unspecified atom stereocenters. The second-order valence-corrected chi connectivity index (χ2v) is 8.59. The highest BCUT2D eigenvalue weighted by atomic mass is 79.9. The van der Waals surface area contributed by atoms with Crippen molar-refractivity contribution in [3.8, 4) is 23.0 Å². The number of carbonyl (C=O) groups is 2. The number of amides is 1. The first-order chi connectivity index (χ1) is 15.1. The van der Waals surface area contributed by atoms with Gasteiger partial charge in [0.1, 0.15) is 17.6 Å². The molecular formula is C21H20BrFN4O5. The van der Waals surface area contributed by atoms with Crippen molar-refractivity contribution in [3.63, 3.8) is 0 Å². The van der Waals surface area contributed by atoms with Crippen LogP contribution in [0, 0.1) is 5.82 Å². The topological polar surface area (TPSA) is 116 Å². The monoisotopic (exact) mass is 506 g/mol. The minimum absolute atomic E-state index is 0.00541. The largest absolute Gasteiger partial charge is 0.444 e. The average molecular weight is 507 g/mol. The normalized spacial score (nSPS) is 12.2. The number of ether oxygens (including phenoxy) is 2. The van der Waals surface area contributed by atoms with Gasteiger partial charge in [-0.2, -0.15) is 4.98 Å². The lowest BCUT2D eigenvalue weighted by atomic mass is 10.2. The highest BCUT2D eigenvalue weighted by Crippen LogP contribution is 2.26. The van der Waals surface area contributed by atoms with Crippen LogP contribution < -0.4 is 10.1 Å². The van der Waals surface area contributed by atoms with Crippen LogP contribution in [0.5, 0.6) is 11.6 Å². The standard InChI is InChI=1S/C21H20BrFN4O5/c1-21(2,3)31-20(29)25-14(11-28)9-17-26-18(27-32-17)12-4-6-15(7-5-12)30-19-16(23)8-13(22)10-24-19/h4-8,10-11,14H,9H2,1-3H3,(H,25,29)/t14-/m0/s1. The predicted molar refractivity (Wildman–Crippen MR) is 115 cm³/mol. The third kappa shape index (κ3) is 6.58. The smallest absolute Gasteiger partial charge is 0.408 e. The van der Waals surface area contributed by atoms with Gasteiger partial charge in [-0.05, 0) is 67.0 Å². The van der Waals surface area contributed by atoms with Gasteiger partial charge in [-0.25, -0.2) is 14.2 Å². The summed E-state index contributed by atoms with van der Waals surface area (Å²) in [5.41, 5.74) is -0.0797. The number of nitrogens with one attached hydrogen (secondary N) is 1. The number of halogens is 2. The summed E-state index contributed by atoms with van der Waals surface area (Å²) in [4.78, 5) is 31.3. The minimum Gasteiger partial charge on any atom is -0.444 e. The fourth-order valence-electron chi connectivity index (χ4n) is 2.50. The molecule has 2 heterocycles. The van der Waals surface area contributed by atoms with Gasteiger partial charge in [0.15, 0.2) is 5.82 Å². The van der Waals surface area contributed by atoms with Crippen molar-refractivity contribution < 1.29 is 28.0 Å². The Hall–Kier alpha value is -3.34. The van der Waals surface area contributed by atoms with Crippen molar-refractivity contribution in [1.82, 2.24) is 20.4 Å². The van der Waals surface area contributed by atoms with Crippen LogP contribution in [0.15, 0.2) is 45.5 Å². The van der Waals surface area contributed by atoms with E-state index in [1.165, 1.54) is 12.3 Å². The van der Waals surface area contributed by atoms with E-state index in [9.17, 15) is 14.0 Å². The van der Waals surface area contributed by atoms with Crippen LogP contribution in [-0.4, -0.2) is 39.1 Å². The van der Waals surface area contributed by atoms with Gasteiger partial charge in [-0.15, -0.1) is 0 Å². The van der Waals surface area contributed by atoms with Gasteiger partial charge in [0.05, 0.1) is 12.5 Å². The molecule has 0 fully saturated rings. The molecule has 0 bridgehead atoms. The molecule has 0 saturated carbocycles. The zero-order chi connectivity index (χ0) is 23.3. The van der Waals surface area contributed by atoms with E-state index < -0.39 is 23.6 Å². The maximum atomic E-state index is 13.9. The van der Waals surface area contributed by atoms with Crippen LogP contribution >= 0.6 is 15.9 Å². The quantitative estimate of drug-likeness (QED) is 0.466. The van der Waals surface area contributed by atoms with E-state index in [2.05, 4.69) is 36.4 Å². The summed E-state index contributed by atoms with van der Waals surface area (Å²) >= 11 is 3.13. The summed E-state index contributed by atoms with van der Waals surface area (Å²) in [7, 11) is 0. The number of rotatable bonds is 7. The Kier molecular flexibility index (Phi) is 7.18. The molecule has 1 atom stereocenters. The first kappa shape index (κ1) is 23.3. The Labute approximate surface area is 191 Å². The van der Waals surface area contributed by atoms with Crippen molar-refractivity contribution in [1.29, 1.82) is 0 Å². The molecule has 168 valence electrons. The van der Waals surface area contributed by atoms with Gasteiger partial charge in [-0.3, -0.25) is 0 Å². The van der Waals surface area contributed by atoms with Crippen LogP contribution in [-0.2, 0) is 16.0 Å². The van der Waals surface area contributed by atoms with E-state index >= 15 is 0 Å². The second-order valence-electron chi connectivity index (χ2n) is 7.67. The lowest BCUT2D eigenvalue weighted by Crippen LogP contribution is -2.41. The van der Waals surface area contributed by atoms with E-state index in [1.54, 1.807) is 45.0 Å². The third-order valence-electron chi connectivity index (χ3n) is 3.83. The molecule has 3 aromatic rings. The van der Waals surface area contributed by atoms with Crippen molar-refractivity contribution in [2.45, 2.75) is 38.8 Å². The Morgan fingerprint density at radius 3 is 2.66 bits per heavy atom. The molecule has 11 heteroatoms. The number of nitrogens with zero attached hydrogens (tertiary/aromatic N) is 3. The molecule has 0 aliphatic carbocycles. The van der Waals surface area contributed by atoms with E-state index in [1.807, 2.05) is 0 Å². The molecule has 1 N–H and O–H groups in total. The zero-order valence-corrected chi connectivity index (χ0v) is 19.1. The lowest BCUT2D eigenvalue weighted by Gasteiger charge is -2.21. The van der Waals surface area contributed by atoms with Gasteiger partial charge in [-0.1, -0.05) is 5.16 Å². The van der Waals surface area contributed by atoms with E-state index in [4.69, 9.17) is 14.0 Å². The number of pyridine rings is 1. The molecule has 0 radical (unpaired) electrons. The number of aldehydes is 1. The molecule has 1 amide bonds. The average Bonchev–Trinajstić information content (AvgIpc) is 3.17. The first-order valence-corrected chi connectivity index (χ1v) is 10.3. The minimum atomic E-state index is -0.887. The Balaban J connectivity index is 1.63. The van der Waals surface area contributed by atoms with Gasteiger partial charge in [0.25, 0.3) is 5.88 Å². The maximum Gasteiger partial charge on any atom is 0.408 e. The molecule has 3 rings (SSSR count). The number of hydrogen-bond donors (Lipinski definition) is 1. The van der Waals surface area contributed by atoms with Crippen molar-refractivity contribution >= 4 is 28.3 Å². The van der Waals surface area contributed by atoms with Crippen molar-refractivity contribution in [2.75, 3.05) is 0 Å². The van der Waals surface area contributed by atoms with Gasteiger partial charge < -0.3 is 24.1 Å². The molecule has 0 saturated heterocycles. The number of benzene rings is 1. The number of carbonyl (C=O) groups excluding carboxylic acids is 2. The van der Waals surface area contributed by atoms with Crippen LogP contribution in [0.2, 0.25) is 0 Å². The van der Waals surface area contributed by atoms with Gasteiger partial charge in [0.2, 0.25) is 11.7 Å². The summed E-state index contributed by atoms with van der Waals surface area (Å²) in [6.45, 7) is 5.15. The SMILES string of the molecule is CC(C)(C)OC(=O)N[C@H](C=O)Cc1nc(-c2ccc(Oc3ncc(Br)cc3F)cc2)no1. The predicted octanol–water partition coefficient (Wildman–Crippen LogP) is 4.46. The summed E-state index contributed by atoms with van der Waals surface area (Å²) in [6.07, 6.45) is 1.28. The van der Waals surface area contributed by atoms with Crippen LogP contribution in [0.4, 0.5) is 9.18 Å². The Bertz CT molecular complexity index is 1100. The van der Waals surface area contributed by atoms with E-state index in [0.29, 0.717) is 22.1 Å². The molecule has 0 aliphatic rings. The number of alkyl carbamates (subject to hydrolysis) is 1. The molecule has 1 aromatic carbocycles. The molecule has 9 nitrogen and oxygen atoms in total. The molecule has 0 aliphatic heterocycles. The molecule has 2 aromatic heterocycles. The van der Waals surface area contributed by atoms with Gasteiger partial charge >= 0.3 is 6.09 Å². The lowest BCUT2D eigenvalue weighted by molar-refractivity contribution is -0.109. The van der Waals surface area contributed by atoms with Crippen LogP contribution in [0.25, 0.3) is 11.4 Å². The fraction of sp³-hybridized carbons (Fsp3) is 0.286. The molecule has 32 heavy (non-hydrogen) atoms. The highest BCUT2D eigenvalue weighted by molar-refractivity contribution is 9.10. The van der Waals surface area contributed by atoms with Crippen LogP contribution in [0.1, 0.15) is 26.7 Å². The number of hydrogen-bond acceptors (Lipinski definition) is 8. The Morgan fingerprint density at radius 2 is 2.03 bits per heavy atom. The summed E-state index contributed by atoms with van der Waals surface area (Å²) < 4.78 is 30.1. The maximum absolute atomic E-state index is 13.9. The number of aromatic nitrogens is 3. The Morgan fingerprint density at radius 1 is 1.31 bits per heavy atom. The third-order valence-corrected chi connectivity index (χ3v) is 4.26. The summed E-state index contributed by atoms with van der Waals surface area (Å²) in [6, 6.07) is 6.90. The van der Waals surface area contributed by atoms with Gasteiger partial charge in [0, 0.05) is 16.2 Å². The second kappa shape index (κ2) is 9.86. The van der Waals surface area contributed by atoms with Crippen molar-refractivity contribution in [2.24, 2.45) is 0 Å². The van der Waals surface area contributed by atoms with E-state index in [-0.39, 0.29) is 24.0 Å². The fourth-order valence-corrected chi connectivity index (χ4v) is 2.80. The summed E-state index contributed by atoms with van der Waals surface area (Å²) in [5.74, 6) is 0.0565. The zero-order valence-electron chi connectivity index (χ0n) is 17.5. The highest BCUT2D eigenvalue weighted by Gasteiger charge is 2.21. The van der Waals surface area contributed by atoms with E-state index in [0.717, 1.165) is 0 Å². The molecular weight excluding hydrogens is 487 g/mol.